The summed E-state index contributed by atoms with van der Waals surface area (Å²) < 4.78 is 34.9. The van der Waals surface area contributed by atoms with Gasteiger partial charge in [0.2, 0.25) is 0 Å². The molecule has 0 aliphatic rings. The minimum atomic E-state index is -2.88. The minimum absolute atomic E-state index is 0.109. The van der Waals surface area contributed by atoms with Crippen molar-refractivity contribution >= 4 is 17.3 Å². The molecule has 9 heteroatoms. The van der Waals surface area contributed by atoms with E-state index in [2.05, 4.69) is 30.7 Å². The van der Waals surface area contributed by atoms with E-state index in [0.29, 0.717) is 17.3 Å². The number of unbranched alkanes of at least 4 members (excludes halogenated alkanes) is 1. The van der Waals surface area contributed by atoms with Crippen LogP contribution in [0, 0.1) is 6.92 Å². The summed E-state index contributed by atoms with van der Waals surface area (Å²) in [6, 6.07) is 4.71. The first kappa shape index (κ1) is 21.9. The molecular formula is C19H26F2N4O2S. The molecule has 0 radical (unpaired) electrons. The molecule has 1 aromatic heterocycles. The first-order valence-corrected chi connectivity index (χ1v) is 9.87. The van der Waals surface area contributed by atoms with E-state index in [1.165, 1.54) is 13.2 Å². The van der Waals surface area contributed by atoms with Crippen molar-refractivity contribution < 1.29 is 18.3 Å². The highest BCUT2D eigenvalue weighted by Crippen LogP contribution is 2.25. The van der Waals surface area contributed by atoms with Crippen LogP contribution in [0.15, 0.2) is 28.6 Å². The van der Waals surface area contributed by atoms with Crippen LogP contribution in [0.3, 0.4) is 0 Å². The number of hydrogen-bond acceptors (Lipinski definition) is 5. The number of rotatable bonds is 10. The van der Waals surface area contributed by atoms with Gasteiger partial charge >= 0.3 is 6.61 Å². The lowest BCUT2D eigenvalue weighted by molar-refractivity contribution is -0.0504. The fourth-order valence-corrected chi connectivity index (χ4v) is 3.38. The van der Waals surface area contributed by atoms with Crippen molar-refractivity contribution in [1.82, 2.24) is 15.6 Å². The van der Waals surface area contributed by atoms with Gasteiger partial charge in [0.25, 0.3) is 0 Å². The van der Waals surface area contributed by atoms with Crippen LogP contribution in [-0.2, 0) is 13.0 Å². The Morgan fingerprint density at radius 3 is 2.75 bits per heavy atom. The summed E-state index contributed by atoms with van der Waals surface area (Å²) in [6.45, 7) is 0.142. The van der Waals surface area contributed by atoms with Crippen molar-refractivity contribution in [1.29, 1.82) is 0 Å². The normalized spacial score (nSPS) is 11.6. The monoisotopic (exact) mass is 412 g/mol. The molecule has 154 valence electrons. The average molecular weight is 413 g/mol. The van der Waals surface area contributed by atoms with E-state index >= 15 is 0 Å². The Hall–Kier alpha value is -2.42. The molecule has 0 fully saturated rings. The number of nitrogens with zero attached hydrogens (tertiary/aromatic N) is 2. The van der Waals surface area contributed by atoms with Gasteiger partial charge in [0.05, 0.1) is 12.1 Å². The third-order valence-electron chi connectivity index (χ3n) is 3.93. The number of aryl methyl sites for hydroxylation is 2. The molecule has 0 aliphatic carbocycles. The van der Waals surface area contributed by atoms with E-state index in [4.69, 9.17) is 4.74 Å². The minimum Gasteiger partial charge on any atom is -0.497 e. The maximum absolute atomic E-state index is 12.6. The summed E-state index contributed by atoms with van der Waals surface area (Å²) in [6.07, 6.45) is 2.96. The Kier molecular flexibility index (Phi) is 8.93. The fraction of sp³-hybridized carbons (Fsp3) is 0.474. The van der Waals surface area contributed by atoms with Crippen LogP contribution < -0.4 is 20.1 Å². The topological polar surface area (TPSA) is 67.8 Å². The van der Waals surface area contributed by atoms with Gasteiger partial charge in [-0.3, -0.25) is 4.99 Å². The standard InChI is InChI=1S/C19H26F2N4O2S/c1-13-12-28-17(25-13)6-4-5-9-23-19(22-2)24-11-14-10-15(26-3)7-8-16(14)27-18(20)21/h7-8,10,12,18H,4-6,9,11H2,1-3H3,(H2,22,23,24). The Morgan fingerprint density at radius 1 is 1.29 bits per heavy atom. The van der Waals surface area contributed by atoms with Crippen LogP contribution in [-0.4, -0.2) is 38.3 Å². The summed E-state index contributed by atoms with van der Waals surface area (Å²) in [4.78, 5) is 8.61. The lowest BCUT2D eigenvalue weighted by atomic mass is 10.2. The lowest BCUT2D eigenvalue weighted by Gasteiger charge is -2.15. The second-order valence-corrected chi connectivity index (χ2v) is 6.99. The number of benzene rings is 1. The van der Waals surface area contributed by atoms with Gasteiger partial charge in [-0.1, -0.05) is 0 Å². The maximum Gasteiger partial charge on any atom is 0.387 e. The fourth-order valence-electron chi connectivity index (χ4n) is 2.56. The van der Waals surface area contributed by atoms with E-state index in [-0.39, 0.29) is 12.3 Å². The number of aromatic nitrogens is 1. The molecule has 6 nitrogen and oxygen atoms in total. The zero-order valence-corrected chi connectivity index (χ0v) is 17.1. The highest BCUT2D eigenvalue weighted by atomic mass is 32.1. The SMILES string of the molecule is CN=C(NCCCCc1nc(C)cs1)NCc1cc(OC)ccc1OC(F)F. The van der Waals surface area contributed by atoms with Crippen molar-refractivity contribution in [3.8, 4) is 11.5 Å². The van der Waals surface area contributed by atoms with Crippen molar-refractivity contribution in [2.24, 2.45) is 4.99 Å². The molecule has 1 heterocycles. The van der Waals surface area contributed by atoms with Crippen molar-refractivity contribution in [2.45, 2.75) is 39.3 Å². The molecule has 0 unspecified atom stereocenters. The lowest BCUT2D eigenvalue weighted by Crippen LogP contribution is -2.37. The molecule has 0 spiro atoms. The van der Waals surface area contributed by atoms with Crippen LogP contribution in [0.5, 0.6) is 11.5 Å². The van der Waals surface area contributed by atoms with Gasteiger partial charge in [-0.05, 0) is 44.4 Å². The molecule has 0 aliphatic heterocycles. The van der Waals surface area contributed by atoms with E-state index in [0.717, 1.165) is 36.5 Å². The van der Waals surface area contributed by atoms with E-state index in [1.54, 1.807) is 30.5 Å². The number of aliphatic imine (C=N–C) groups is 1. The summed E-state index contributed by atoms with van der Waals surface area (Å²) in [5, 5.41) is 9.55. The number of guanidine groups is 1. The molecular weight excluding hydrogens is 386 g/mol. The molecule has 2 aromatic rings. The first-order chi connectivity index (χ1) is 13.5. The number of nitrogens with one attached hydrogen (secondary N) is 2. The summed E-state index contributed by atoms with van der Waals surface area (Å²) in [5.74, 6) is 1.27. The van der Waals surface area contributed by atoms with Gasteiger partial charge in [0.15, 0.2) is 5.96 Å². The first-order valence-electron chi connectivity index (χ1n) is 8.99. The zero-order valence-electron chi connectivity index (χ0n) is 16.3. The van der Waals surface area contributed by atoms with Gasteiger partial charge in [-0.25, -0.2) is 4.98 Å². The highest BCUT2D eigenvalue weighted by molar-refractivity contribution is 7.09. The quantitative estimate of drug-likeness (QED) is 0.353. The van der Waals surface area contributed by atoms with Crippen LogP contribution in [0.2, 0.25) is 0 Å². The van der Waals surface area contributed by atoms with E-state index in [9.17, 15) is 8.78 Å². The van der Waals surface area contributed by atoms with Crippen molar-refractivity contribution in [2.75, 3.05) is 20.7 Å². The van der Waals surface area contributed by atoms with E-state index < -0.39 is 6.61 Å². The Bertz CT molecular complexity index is 768. The predicted octanol–water partition coefficient (Wildman–Crippen LogP) is 3.75. The van der Waals surface area contributed by atoms with Gasteiger partial charge in [-0.2, -0.15) is 8.78 Å². The second-order valence-electron chi connectivity index (χ2n) is 6.04. The smallest absolute Gasteiger partial charge is 0.387 e. The summed E-state index contributed by atoms with van der Waals surface area (Å²) in [5.41, 5.74) is 1.62. The van der Waals surface area contributed by atoms with Gasteiger partial charge in [-0.15, -0.1) is 11.3 Å². The third kappa shape index (κ3) is 7.30. The van der Waals surface area contributed by atoms with Crippen LogP contribution in [0.4, 0.5) is 8.78 Å². The van der Waals surface area contributed by atoms with Crippen molar-refractivity contribution in [3.05, 3.63) is 39.8 Å². The number of thiazole rings is 1. The molecule has 28 heavy (non-hydrogen) atoms. The molecule has 2 rings (SSSR count). The largest absolute Gasteiger partial charge is 0.497 e. The Labute approximate surface area is 168 Å². The van der Waals surface area contributed by atoms with Gasteiger partial charge in [0, 0.05) is 36.8 Å². The Balaban J connectivity index is 1.79. The number of ether oxygens (including phenoxy) is 2. The molecule has 2 N–H and O–H groups in total. The van der Waals surface area contributed by atoms with E-state index in [1.807, 2.05) is 6.92 Å². The molecule has 0 bridgehead atoms. The highest BCUT2D eigenvalue weighted by Gasteiger charge is 2.11. The van der Waals surface area contributed by atoms with Crippen LogP contribution >= 0.6 is 11.3 Å². The predicted molar refractivity (Wildman–Crippen MR) is 108 cm³/mol. The van der Waals surface area contributed by atoms with Gasteiger partial charge < -0.3 is 20.1 Å². The third-order valence-corrected chi connectivity index (χ3v) is 4.96. The average Bonchev–Trinajstić information content (AvgIpc) is 3.09. The van der Waals surface area contributed by atoms with Gasteiger partial charge in [0.1, 0.15) is 11.5 Å². The number of methoxy groups -OCH3 is 1. The Morgan fingerprint density at radius 2 is 2.11 bits per heavy atom. The van der Waals surface area contributed by atoms with Crippen LogP contribution in [0.1, 0.15) is 29.1 Å². The number of hydrogen-bond donors (Lipinski definition) is 2. The summed E-state index contributed by atoms with van der Waals surface area (Å²) in [7, 11) is 3.18. The maximum atomic E-state index is 12.6. The molecule has 0 atom stereocenters. The summed E-state index contributed by atoms with van der Waals surface area (Å²) >= 11 is 1.69. The number of alkyl halides is 2. The number of halogens is 2. The molecule has 0 saturated carbocycles. The van der Waals surface area contributed by atoms with Crippen molar-refractivity contribution in [3.63, 3.8) is 0 Å². The zero-order chi connectivity index (χ0) is 20.4. The molecule has 0 amide bonds. The molecule has 0 saturated heterocycles. The second kappa shape index (κ2) is 11.4. The molecule has 1 aromatic carbocycles. The van der Waals surface area contributed by atoms with Crippen LogP contribution in [0.25, 0.3) is 0 Å².